The Balaban J connectivity index is 1.87. The molecule has 1 unspecified atom stereocenters. The Morgan fingerprint density at radius 1 is 1.27 bits per heavy atom. The van der Waals surface area contributed by atoms with Gasteiger partial charge in [-0.2, -0.15) is 0 Å². The highest BCUT2D eigenvalue weighted by molar-refractivity contribution is 5.67. The molecule has 1 amide bonds. The Hall–Kier alpha value is -2.24. The molecule has 1 aliphatic rings. The maximum Gasteiger partial charge on any atom is 0.511 e. The normalized spacial score (nSPS) is 16.8. The van der Waals surface area contributed by atoms with Crippen LogP contribution in [0, 0.1) is 5.92 Å². The van der Waals surface area contributed by atoms with Crippen molar-refractivity contribution >= 4 is 12.2 Å². The third kappa shape index (κ3) is 4.65. The SMILES string of the molecule is CC(C)(C)OC(=O)NCC1Cc2ccc(OC(=O)O)cc2C1. The van der Waals surface area contributed by atoms with Gasteiger partial charge in [-0.15, -0.1) is 0 Å². The zero-order valence-corrected chi connectivity index (χ0v) is 13.0. The number of hydrogen-bond acceptors (Lipinski definition) is 4. The summed E-state index contributed by atoms with van der Waals surface area (Å²) in [5.41, 5.74) is 1.72. The van der Waals surface area contributed by atoms with Gasteiger partial charge in [-0.1, -0.05) is 6.07 Å². The van der Waals surface area contributed by atoms with Crippen molar-refractivity contribution in [2.45, 2.75) is 39.2 Å². The fourth-order valence-corrected chi connectivity index (χ4v) is 2.54. The van der Waals surface area contributed by atoms with Crippen molar-refractivity contribution in [1.82, 2.24) is 5.32 Å². The molecule has 0 bridgehead atoms. The van der Waals surface area contributed by atoms with Crippen LogP contribution in [0.1, 0.15) is 31.9 Å². The molecule has 0 aromatic heterocycles. The minimum absolute atomic E-state index is 0.280. The van der Waals surface area contributed by atoms with Crippen LogP contribution in [0.4, 0.5) is 9.59 Å². The van der Waals surface area contributed by atoms with E-state index in [9.17, 15) is 9.59 Å². The van der Waals surface area contributed by atoms with E-state index in [4.69, 9.17) is 9.84 Å². The van der Waals surface area contributed by atoms with Gasteiger partial charge in [0, 0.05) is 6.54 Å². The quantitative estimate of drug-likeness (QED) is 0.662. The lowest BCUT2D eigenvalue weighted by Gasteiger charge is -2.20. The Kier molecular flexibility index (Phi) is 4.59. The van der Waals surface area contributed by atoms with E-state index in [-0.39, 0.29) is 5.92 Å². The minimum Gasteiger partial charge on any atom is -0.449 e. The molecule has 22 heavy (non-hydrogen) atoms. The first kappa shape index (κ1) is 16.1. The molecule has 0 saturated heterocycles. The van der Waals surface area contributed by atoms with Crippen LogP contribution >= 0.6 is 0 Å². The molecule has 6 nitrogen and oxygen atoms in total. The van der Waals surface area contributed by atoms with Gasteiger partial charge in [0.2, 0.25) is 0 Å². The number of fused-ring (bicyclic) bond motifs is 1. The van der Waals surface area contributed by atoms with Crippen molar-refractivity contribution in [3.63, 3.8) is 0 Å². The summed E-state index contributed by atoms with van der Waals surface area (Å²) in [5.74, 6) is 0.606. The zero-order chi connectivity index (χ0) is 16.3. The molecular formula is C16H21NO5. The smallest absolute Gasteiger partial charge is 0.449 e. The average Bonchev–Trinajstić information content (AvgIpc) is 2.75. The lowest BCUT2D eigenvalue weighted by Crippen LogP contribution is -2.35. The van der Waals surface area contributed by atoms with E-state index in [1.165, 1.54) is 0 Å². The van der Waals surface area contributed by atoms with Gasteiger partial charge in [0.25, 0.3) is 0 Å². The fraction of sp³-hybridized carbons (Fsp3) is 0.500. The number of carboxylic acid groups (broad SMARTS) is 1. The van der Waals surface area contributed by atoms with Crippen LogP contribution in [-0.4, -0.2) is 29.5 Å². The Morgan fingerprint density at radius 3 is 2.59 bits per heavy atom. The van der Waals surface area contributed by atoms with Gasteiger partial charge in [0.05, 0.1) is 0 Å². The highest BCUT2D eigenvalue weighted by Gasteiger charge is 2.24. The van der Waals surface area contributed by atoms with Crippen molar-refractivity contribution in [1.29, 1.82) is 0 Å². The number of carbonyl (C=O) groups excluding carboxylic acids is 1. The number of alkyl carbamates (subject to hydrolysis) is 1. The molecular weight excluding hydrogens is 286 g/mol. The zero-order valence-electron chi connectivity index (χ0n) is 13.0. The van der Waals surface area contributed by atoms with E-state index in [1.807, 2.05) is 26.8 Å². The number of rotatable bonds is 3. The van der Waals surface area contributed by atoms with Crippen LogP contribution in [0.25, 0.3) is 0 Å². The Morgan fingerprint density at radius 2 is 1.95 bits per heavy atom. The molecule has 2 rings (SSSR count). The second-order valence-electron chi connectivity index (χ2n) is 6.46. The third-order valence-corrected chi connectivity index (χ3v) is 3.33. The van der Waals surface area contributed by atoms with Gasteiger partial charge in [-0.3, -0.25) is 0 Å². The Bertz CT molecular complexity index is 576. The molecule has 1 aromatic rings. The van der Waals surface area contributed by atoms with Crippen LogP contribution in [0.5, 0.6) is 5.75 Å². The maximum absolute atomic E-state index is 11.6. The second kappa shape index (κ2) is 6.25. The summed E-state index contributed by atoms with van der Waals surface area (Å²) < 4.78 is 9.86. The van der Waals surface area contributed by atoms with Crippen LogP contribution in [0.2, 0.25) is 0 Å². The molecule has 0 fully saturated rings. The van der Waals surface area contributed by atoms with Gasteiger partial charge in [-0.05, 0) is 62.8 Å². The van der Waals surface area contributed by atoms with E-state index in [0.717, 1.165) is 24.0 Å². The lowest BCUT2D eigenvalue weighted by molar-refractivity contribution is 0.0519. The van der Waals surface area contributed by atoms with Crippen LogP contribution in [0.3, 0.4) is 0 Å². The topological polar surface area (TPSA) is 84.9 Å². The molecule has 0 saturated carbocycles. The molecule has 0 heterocycles. The summed E-state index contributed by atoms with van der Waals surface area (Å²) in [7, 11) is 0. The first-order chi connectivity index (χ1) is 10.2. The summed E-state index contributed by atoms with van der Waals surface area (Å²) >= 11 is 0. The maximum atomic E-state index is 11.6. The largest absolute Gasteiger partial charge is 0.511 e. The van der Waals surface area contributed by atoms with Crippen LogP contribution in [0.15, 0.2) is 18.2 Å². The molecule has 1 aliphatic carbocycles. The van der Waals surface area contributed by atoms with E-state index in [0.29, 0.717) is 12.3 Å². The average molecular weight is 307 g/mol. The molecule has 1 atom stereocenters. The van der Waals surface area contributed by atoms with Crippen LogP contribution in [-0.2, 0) is 17.6 Å². The van der Waals surface area contributed by atoms with E-state index in [2.05, 4.69) is 10.1 Å². The van der Waals surface area contributed by atoms with E-state index >= 15 is 0 Å². The summed E-state index contributed by atoms with van der Waals surface area (Å²) in [5, 5.41) is 11.4. The molecule has 1 aromatic carbocycles. The summed E-state index contributed by atoms with van der Waals surface area (Å²) in [6.45, 7) is 5.99. The number of hydrogen-bond donors (Lipinski definition) is 2. The summed E-state index contributed by atoms with van der Waals surface area (Å²) in [6, 6.07) is 5.27. The van der Waals surface area contributed by atoms with Crippen molar-refractivity contribution < 1.29 is 24.2 Å². The van der Waals surface area contributed by atoms with Gasteiger partial charge in [-0.25, -0.2) is 9.59 Å². The molecule has 0 aliphatic heterocycles. The second-order valence-corrected chi connectivity index (χ2v) is 6.46. The Labute approximate surface area is 129 Å². The van der Waals surface area contributed by atoms with E-state index in [1.54, 1.807) is 12.1 Å². The minimum atomic E-state index is -1.32. The fourth-order valence-electron chi connectivity index (χ4n) is 2.54. The van der Waals surface area contributed by atoms with Crippen molar-refractivity contribution in [3.05, 3.63) is 29.3 Å². The summed E-state index contributed by atoms with van der Waals surface area (Å²) in [4.78, 5) is 22.2. The molecule has 0 radical (unpaired) electrons. The number of amides is 1. The predicted octanol–water partition coefficient (Wildman–Crippen LogP) is 2.98. The molecule has 2 N–H and O–H groups in total. The van der Waals surface area contributed by atoms with Crippen molar-refractivity contribution in [3.8, 4) is 5.75 Å². The number of benzene rings is 1. The lowest BCUT2D eigenvalue weighted by atomic mass is 10.1. The first-order valence-electron chi connectivity index (χ1n) is 7.22. The van der Waals surface area contributed by atoms with Gasteiger partial charge >= 0.3 is 12.2 Å². The molecule has 6 heteroatoms. The standard InChI is InChI=1S/C16H21NO5/c1-16(2,3)22-14(18)17-9-10-6-11-4-5-13(21-15(19)20)8-12(11)7-10/h4-5,8,10H,6-7,9H2,1-3H3,(H,17,18)(H,19,20). The predicted molar refractivity (Wildman–Crippen MR) is 80.2 cm³/mol. The van der Waals surface area contributed by atoms with Crippen molar-refractivity contribution in [2.24, 2.45) is 5.92 Å². The van der Waals surface area contributed by atoms with E-state index < -0.39 is 17.8 Å². The van der Waals surface area contributed by atoms with Gasteiger partial charge in [0.1, 0.15) is 11.4 Å². The first-order valence-corrected chi connectivity index (χ1v) is 7.22. The number of nitrogens with one attached hydrogen (secondary N) is 1. The van der Waals surface area contributed by atoms with Crippen LogP contribution < -0.4 is 10.1 Å². The molecule has 120 valence electrons. The van der Waals surface area contributed by atoms with Gasteiger partial charge < -0.3 is 19.9 Å². The number of carbonyl (C=O) groups is 2. The highest BCUT2D eigenvalue weighted by Crippen LogP contribution is 2.29. The number of ether oxygens (including phenoxy) is 2. The van der Waals surface area contributed by atoms with Gasteiger partial charge in [0.15, 0.2) is 0 Å². The monoisotopic (exact) mass is 307 g/mol. The van der Waals surface area contributed by atoms with Crippen molar-refractivity contribution in [2.75, 3.05) is 6.54 Å². The molecule has 0 spiro atoms. The third-order valence-electron chi connectivity index (χ3n) is 3.33. The highest BCUT2D eigenvalue weighted by atomic mass is 16.7. The summed E-state index contributed by atoms with van der Waals surface area (Å²) in [6.07, 6.45) is -0.111.